The van der Waals surface area contributed by atoms with Gasteiger partial charge in [0.25, 0.3) is 5.91 Å². The summed E-state index contributed by atoms with van der Waals surface area (Å²) in [5.41, 5.74) is 0.557. The molecule has 0 aliphatic carbocycles. The fourth-order valence-corrected chi connectivity index (χ4v) is 2.04. The third-order valence-corrected chi connectivity index (χ3v) is 3.06. The Labute approximate surface area is 110 Å². The Morgan fingerprint density at radius 1 is 1.53 bits per heavy atom. The van der Waals surface area contributed by atoms with Crippen LogP contribution in [0.25, 0.3) is 0 Å². The van der Waals surface area contributed by atoms with Crippen LogP contribution >= 0.6 is 0 Å². The van der Waals surface area contributed by atoms with E-state index in [1.165, 1.54) is 0 Å². The van der Waals surface area contributed by atoms with Crippen LogP contribution in [0.4, 0.5) is 0 Å². The molecule has 1 aliphatic rings. The second-order valence-corrected chi connectivity index (χ2v) is 4.38. The molecular formula is C13H14N4O2. The summed E-state index contributed by atoms with van der Waals surface area (Å²) in [7, 11) is 0. The molecule has 1 aliphatic heterocycles. The highest BCUT2D eigenvalue weighted by Crippen LogP contribution is 2.11. The van der Waals surface area contributed by atoms with Gasteiger partial charge in [-0.2, -0.15) is 0 Å². The molecule has 0 saturated heterocycles. The topological polar surface area (TPSA) is 69.0 Å². The number of amides is 1. The molecule has 2 aromatic rings. The van der Waals surface area contributed by atoms with Crippen molar-refractivity contribution in [3.8, 4) is 0 Å². The molecule has 0 fully saturated rings. The standard InChI is InChI=1S/C13H14N4O2/c18-13(10-2-1-3-14-6-10)16-7-11-8-17-5-4-15-12(17)9-19-11/h1-6,11H,7-9H2,(H,16,18). The van der Waals surface area contributed by atoms with E-state index >= 15 is 0 Å². The smallest absolute Gasteiger partial charge is 0.252 e. The number of ether oxygens (including phenoxy) is 1. The summed E-state index contributed by atoms with van der Waals surface area (Å²) in [6, 6.07) is 3.47. The molecule has 19 heavy (non-hydrogen) atoms. The Kier molecular flexibility index (Phi) is 3.24. The number of carbonyl (C=O) groups excluding carboxylic acids is 1. The third-order valence-electron chi connectivity index (χ3n) is 3.06. The van der Waals surface area contributed by atoms with E-state index in [2.05, 4.69) is 15.3 Å². The lowest BCUT2D eigenvalue weighted by atomic mass is 10.2. The van der Waals surface area contributed by atoms with Crippen LogP contribution in [-0.4, -0.2) is 33.1 Å². The molecule has 1 unspecified atom stereocenters. The summed E-state index contributed by atoms with van der Waals surface area (Å²) in [4.78, 5) is 20.0. The van der Waals surface area contributed by atoms with Gasteiger partial charge in [0.15, 0.2) is 0 Å². The lowest BCUT2D eigenvalue weighted by Gasteiger charge is -2.24. The lowest BCUT2D eigenvalue weighted by molar-refractivity contribution is 0.00327. The van der Waals surface area contributed by atoms with E-state index in [0.29, 0.717) is 25.3 Å². The molecule has 0 saturated carbocycles. The SMILES string of the molecule is O=C(NCC1Cn2ccnc2CO1)c1cccnc1. The van der Waals surface area contributed by atoms with Gasteiger partial charge in [0.2, 0.25) is 0 Å². The Balaban J connectivity index is 1.55. The zero-order valence-electron chi connectivity index (χ0n) is 10.3. The van der Waals surface area contributed by atoms with Crippen LogP contribution in [0.15, 0.2) is 36.9 Å². The highest BCUT2D eigenvalue weighted by molar-refractivity contribution is 5.93. The van der Waals surface area contributed by atoms with Gasteiger partial charge in [0.05, 0.1) is 18.2 Å². The lowest BCUT2D eigenvalue weighted by Crippen LogP contribution is -2.38. The van der Waals surface area contributed by atoms with Gasteiger partial charge in [-0.3, -0.25) is 9.78 Å². The number of nitrogens with zero attached hydrogens (tertiary/aromatic N) is 3. The fourth-order valence-electron chi connectivity index (χ4n) is 2.04. The Bertz CT molecular complexity index is 567. The van der Waals surface area contributed by atoms with Gasteiger partial charge in [0, 0.05) is 31.3 Å². The van der Waals surface area contributed by atoms with Crippen LogP contribution in [0, 0.1) is 0 Å². The predicted molar refractivity (Wildman–Crippen MR) is 67.4 cm³/mol. The summed E-state index contributed by atoms with van der Waals surface area (Å²) in [5.74, 6) is 0.794. The maximum atomic E-state index is 11.9. The van der Waals surface area contributed by atoms with Gasteiger partial charge >= 0.3 is 0 Å². The van der Waals surface area contributed by atoms with E-state index in [1.807, 2.05) is 10.8 Å². The molecule has 3 heterocycles. The van der Waals surface area contributed by atoms with E-state index in [4.69, 9.17) is 4.74 Å². The number of aromatic nitrogens is 3. The molecule has 1 N–H and O–H groups in total. The van der Waals surface area contributed by atoms with Gasteiger partial charge in [-0.25, -0.2) is 4.98 Å². The van der Waals surface area contributed by atoms with Crippen molar-refractivity contribution in [2.24, 2.45) is 0 Å². The maximum Gasteiger partial charge on any atom is 0.252 e. The van der Waals surface area contributed by atoms with Crippen molar-refractivity contribution in [1.29, 1.82) is 0 Å². The number of hydrogen-bond donors (Lipinski definition) is 1. The molecule has 0 aromatic carbocycles. The number of hydrogen-bond acceptors (Lipinski definition) is 4. The van der Waals surface area contributed by atoms with E-state index < -0.39 is 0 Å². The average molecular weight is 258 g/mol. The number of nitrogens with one attached hydrogen (secondary N) is 1. The number of imidazole rings is 1. The minimum Gasteiger partial charge on any atom is -0.367 e. The molecule has 1 atom stereocenters. The monoisotopic (exact) mass is 258 g/mol. The van der Waals surface area contributed by atoms with E-state index in [0.717, 1.165) is 5.82 Å². The predicted octanol–water partition coefficient (Wildman–Crippen LogP) is 0.607. The zero-order chi connectivity index (χ0) is 13.1. The quantitative estimate of drug-likeness (QED) is 0.875. The highest BCUT2D eigenvalue weighted by atomic mass is 16.5. The van der Waals surface area contributed by atoms with E-state index in [-0.39, 0.29) is 12.0 Å². The van der Waals surface area contributed by atoms with Crippen LogP contribution in [0.5, 0.6) is 0 Å². The van der Waals surface area contributed by atoms with Gasteiger partial charge in [0.1, 0.15) is 12.4 Å². The number of rotatable bonds is 3. The van der Waals surface area contributed by atoms with Gasteiger partial charge in [-0.05, 0) is 12.1 Å². The summed E-state index contributed by atoms with van der Waals surface area (Å²) in [5, 5.41) is 2.85. The van der Waals surface area contributed by atoms with Crippen molar-refractivity contribution in [1.82, 2.24) is 19.9 Å². The Hall–Kier alpha value is -2.21. The fraction of sp³-hybridized carbons (Fsp3) is 0.308. The molecule has 2 aromatic heterocycles. The van der Waals surface area contributed by atoms with Crippen LogP contribution in [0.1, 0.15) is 16.2 Å². The largest absolute Gasteiger partial charge is 0.367 e. The number of carbonyl (C=O) groups is 1. The molecule has 6 heteroatoms. The first-order valence-corrected chi connectivity index (χ1v) is 6.13. The molecule has 1 amide bonds. The average Bonchev–Trinajstić information content (AvgIpc) is 2.93. The van der Waals surface area contributed by atoms with Gasteiger partial charge < -0.3 is 14.6 Å². The number of fused-ring (bicyclic) bond motifs is 1. The van der Waals surface area contributed by atoms with E-state index in [9.17, 15) is 4.79 Å². The van der Waals surface area contributed by atoms with Crippen molar-refractivity contribution in [3.05, 3.63) is 48.3 Å². The Morgan fingerprint density at radius 2 is 2.47 bits per heavy atom. The molecule has 3 rings (SSSR count). The van der Waals surface area contributed by atoms with Gasteiger partial charge in [-0.1, -0.05) is 0 Å². The normalized spacial score (nSPS) is 17.8. The molecular weight excluding hydrogens is 244 g/mol. The Morgan fingerprint density at radius 3 is 3.32 bits per heavy atom. The minimum atomic E-state index is -0.131. The van der Waals surface area contributed by atoms with Crippen molar-refractivity contribution < 1.29 is 9.53 Å². The van der Waals surface area contributed by atoms with Crippen molar-refractivity contribution in [2.45, 2.75) is 19.3 Å². The molecule has 0 radical (unpaired) electrons. The van der Waals surface area contributed by atoms with Crippen LogP contribution in [-0.2, 0) is 17.9 Å². The summed E-state index contributed by atoms with van der Waals surface area (Å²) >= 11 is 0. The highest BCUT2D eigenvalue weighted by Gasteiger charge is 2.19. The van der Waals surface area contributed by atoms with Crippen LogP contribution in [0.3, 0.4) is 0 Å². The van der Waals surface area contributed by atoms with Crippen LogP contribution < -0.4 is 5.32 Å². The van der Waals surface area contributed by atoms with Gasteiger partial charge in [-0.15, -0.1) is 0 Å². The summed E-state index contributed by atoms with van der Waals surface area (Å²) < 4.78 is 7.68. The van der Waals surface area contributed by atoms with E-state index in [1.54, 1.807) is 30.7 Å². The maximum absolute atomic E-state index is 11.9. The minimum absolute atomic E-state index is 0.0256. The summed E-state index contributed by atoms with van der Waals surface area (Å²) in [6.07, 6.45) is 6.85. The molecule has 0 bridgehead atoms. The van der Waals surface area contributed by atoms with Crippen molar-refractivity contribution in [2.75, 3.05) is 6.54 Å². The zero-order valence-corrected chi connectivity index (χ0v) is 10.3. The molecule has 0 spiro atoms. The van der Waals surface area contributed by atoms with Crippen molar-refractivity contribution >= 4 is 5.91 Å². The molecule has 6 nitrogen and oxygen atoms in total. The first kappa shape index (κ1) is 11.9. The summed E-state index contributed by atoms with van der Waals surface area (Å²) in [6.45, 7) is 1.68. The van der Waals surface area contributed by atoms with Crippen LogP contribution in [0.2, 0.25) is 0 Å². The number of pyridine rings is 1. The van der Waals surface area contributed by atoms with Crippen molar-refractivity contribution in [3.63, 3.8) is 0 Å². The first-order valence-electron chi connectivity index (χ1n) is 6.13. The first-order chi connectivity index (χ1) is 9.33. The third kappa shape index (κ3) is 2.63. The second kappa shape index (κ2) is 5.19. The second-order valence-electron chi connectivity index (χ2n) is 4.38. The molecule has 98 valence electrons.